The van der Waals surface area contributed by atoms with E-state index in [1.165, 1.54) is 0 Å². The molecule has 134 valence electrons. The summed E-state index contributed by atoms with van der Waals surface area (Å²) in [5.41, 5.74) is 2.10. The van der Waals surface area contributed by atoms with Crippen LogP contribution in [-0.2, 0) is 27.5 Å². The van der Waals surface area contributed by atoms with E-state index in [1.54, 1.807) is 12.2 Å². The van der Waals surface area contributed by atoms with Crippen molar-refractivity contribution in [2.75, 3.05) is 0 Å². The summed E-state index contributed by atoms with van der Waals surface area (Å²) in [7, 11) is 0. The molecule has 0 saturated heterocycles. The molecule has 0 aromatic heterocycles. The summed E-state index contributed by atoms with van der Waals surface area (Å²) in [5.74, 6) is -0.684. The lowest BCUT2D eigenvalue weighted by Gasteiger charge is -2.28. The quantitative estimate of drug-likeness (QED) is 0.660. The van der Waals surface area contributed by atoms with Crippen LogP contribution in [0.3, 0.4) is 0 Å². The predicted molar refractivity (Wildman–Crippen MR) is 103 cm³/mol. The number of carbonyl (C=O) groups is 1. The van der Waals surface area contributed by atoms with Crippen molar-refractivity contribution in [1.82, 2.24) is 0 Å². The molecule has 0 amide bonds. The van der Waals surface area contributed by atoms with Gasteiger partial charge in [-0.1, -0.05) is 60.7 Å². The molecule has 0 bridgehead atoms. The molecule has 0 fully saturated rings. The molecule has 0 aliphatic heterocycles. The maximum absolute atomic E-state index is 11.7. The number of halogens is 1. The number of carboxylic acids is 1. The van der Waals surface area contributed by atoms with Crippen LogP contribution in [0, 0.1) is 0 Å². The summed E-state index contributed by atoms with van der Waals surface area (Å²) in [5, 5.41) is 9.56. The molecule has 4 nitrogen and oxygen atoms in total. The summed E-state index contributed by atoms with van der Waals surface area (Å²) in [6.45, 7) is 0.695. The first kappa shape index (κ1) is 18.4. The zero-order valence-corrected chi connectivity index (χ0v) is 15.7. The van der Waals surface area contributed by atoms with Crippen LogP contribution in [0.4, 0.5) is 0 Å². The normalized spacial score (nSPS) is 19.4. The predicted octanol–water partition coefficient (Wildman–Crippen LogP) is 4.81. The molecule has 0 saturated carbocycles. The minimum absolute atomic E-state index is 0.0946. The van der Waals surface area contributed by atoms with Crippen molar-refractivity contribution in [3.63, 3.8) is 0 Å². The number of rotatable bonds is 7. The van der Waals surface area contributed by atoms with E-state index in [1.807, 2.05) is 60.7 Å². The lowest BCUT2D eigenvalue weighted by atomic mass is 10.0. The molecular formula is C21H19BrO4. The van der Waals surface area contributed by atoms with Gasteiger partial charge < -0.3 is 14.6 Å². The van der Waals surface area contributed by atoms with Crippen LogP contribution < -0.4 is 0 Å². The van der Waals surface area contributed by atoms with Crippen LogP contribution in [0.15, 0.2) is 84.1 Å². The molecule has 1 unspecified atom stereocenters. The Morgan fingerprint density at radius 3 is 2.15 bits per heavy atom. The Morgan fingerprint density at radius 1 is 1.00 bits per heavy atom. The molecule has 1 aliphatic carbocycles. The minimum Gasteiger partial charge on any atom is -0.488 e. The van der Waals surface area contributed by atoms with Crippen molar-refractivity contribution in [3.8, 4) is 0 Å². The van der Waals surface area contributed by atoms with Crippen LogP contribution in [-0.4, -0.2) is 15.6 Å². The van der Waals surface area contributed by atoms with E-state index < -0.39 is 10.5 Å². The van der Waals surface area contributed by atoms with Crippen molar-refractivity contribution < 1.29 is 19.4 Å². The molecule has 0 radical (unpaired) electrons. The van der Waals surface area contributed by atoms with Gasteiger partial charge in [-0.25, -0.2) is 4.79 Å². The Kier molecular flexibility index (Phi) is 5.91. The number of aliphatic carboxylic acids is 1. The first-order valence-electron chi connectivity index (χ1n) is 8.26. The van der Waals surface area contributed by atoms with Crippen molar-refractivity contribution in [3.05, 3.63) is 95.3 Å². The lowest BCUT2D eigenvalue weighted by molar-refractivity contribution is -0.133. The Hall–Kier alpha value is -2.37. The van der Waals surface area contributed by atoms with Gasteiger partial charge in [0.1, 0.15) is 22.4 Å². The molecule has 1 atom stereocenters. The number of benzene rings is 2. The fourth-order valence-electron chi connectivity index (χ4n) is 2.60. The van der Waals surface area contributed by atoms with Gasteiger partial charge >= 0.3 is 5.97 Å². The summed E-state index contributed by atoms with van der Waals surface area (Å²) >= 11 is 3.52. The Balaban J connectivity index is 1.68. The minimum atomic E-state index is -1.05. The second-order valence-electron chi connectivity index (χ2n) is 5.97. The van der Waals surface area contributed by atoms with E-state index in [-0.39, 0.29) is 5.57 Å². The van der Waals surface area contributed by atoms with Crippen LogP contribution in [0.2, 0.25) is 0 Å². The van der Waals surface area contributed by atoms with Gasteiger partial charge in [-0.15, -0.1) is 0 Å². The van der Waals surface area contributed by atoms with Gasteiger partial charge in [-0.2, -0.15) is 0 Å². The number of alkyl halides is 1. The third-order valence-corrected chi connectivity index (χ3v) is 4.76. The van der Waals surface area contributed by atoms with Crippen molar-refractivity contribution in [2.24, 2.45) is 0 Å². The summed E-state index contributed by atoms with van der Waals surface area (Å²) < 4.78 is 10.8. The van der Waals surface area contributed by atoms with Crippen molar-refractivity contribution >= 4 is 21.9 Å². The molecule has 1 aliphatic rings. The SMILES string of the molecule is O=C(O)C1=CC(Br)(OCc2ccccc2)CC=C1OCc1ccccc1. The summed E-state index contributed by atoms with van der Waals surface area (Å²) in [6, 6.07) is 19.4. The lowest BCUT2D eigenvalue weighted by Crippen LogP contribution is -2.27. The standard InChI is InChI=1S/C21H19BrO4/c22-21(26-15-17-9-5-2-6-10-17)12-11-19(18(13-21)20(23)24)25-14-16-7-3-1-4-8-16/h1-11,13H,12,14-15H2,(H,23,24). The summed E-state index contributed by atoms with van der Waals surface area (Å²) in [4.78, 5) is 11.7. The van der Waals surface area contributed by atoms with E-state index in [2.05, 4.69) is 15.9 Å². The molecule has 0 heterocycles. The molecule has 2 aromatic rings. The number of hydrogen-bond acceptors (Lipinski definition) is 3. The van der Waals surface area contributed by atoms with E-state index >= 15 is 0 Å². The first-order valence-corrected chi connectivity index (χ1v) is 9.05. The Morgan fingerprint density at radius 2 is 1.58 bits per heavy atom. The van der Waals surface area contributed by atoms with E-state index in [0.29, 0.717) is 25.4 Å². The van der Waals surface area contributed by atoms with E-state index in [4.69, 9.17) is 9.47 Å². The highest BCUT2D eigenvalue weighted by atomic mass is 79.9. The monoisotopic (exact) mass is 414 g/mol. The van der Waals surface area contributed by atoms with Crippen LogP contribution in [0.5, 0.6) is 0 Å². The highest BCUT2D eigenvalue weighted by Gasteiger charge is 2.32. The van der Waals surface area contributed by atoms with Gasteiger partial charge in [0.15, 0.2) is 0 Å². The molecule has 2 aromatic carbocycles. The Bertz CT molecular complexity index is 814. The van der Waals surface area contributed by atoms with Gasteiger partial charge in [0.25, 0.3) is 0 Å². The van der Waals surface area contributed by atoms with Crippen molar-refractivity contribution in [2.45, 2.75) is 24.1 Å². The second-order valence-corrected chi connectivity index (χ2v) is 7.31. The fourth-order valence-corrected chi connectivity index (χ4v) is 3.11. The smallest absolute Gasteiger partial charge is 0.339 e. The number of hydrogen-bond donors (Lipinski definition) is 1. The highest BCUT2D eigenvalue weighted by Crippen LogP contribution is 2.36. The second kappa shape index (κ2) is 8.34. The van der Waals surface area contributed by atoms with Crippen molar-refractivity contribution in [1.29, 1.82) is 0 Å². The average Bonchev–Trinajstić information content (AvgIpc) is 2.67. The van der Waals surface area contributed by atoms with Gasteiger partial charge in [-0.3, -0.25) is 0 Å². The van der Waals surface area contributed by atoms with Gasteiger partial charge in [0.2, 0.25) is 0 Å². The third kappa shape index (κ3) is 4.84. The van der Waals surface area contributed by atoms with E-state index in [0.717, 1.165) is 11.1 Å². The topological polar surface area (TPSA) is 55.8 Å². The van der Waals surface area contributed by atoms with Gasteiger partial charge in [-0.05, 0) is 39.2 Å². The molecule has 5 heteroatoms. The molecule has 0 spiro atoms. The first-order chi connectivity index (χ1) is 12.6. The maximum atomic E-state index is 11.7. The number of ether oxygens (including phenoxy) is 2. The Labute approximate surface area is 160 Å². The summed E-state index contributed by atoms with van der Waals surface area (Å²) in [6.07, 6.45) is 3.80. The molecule has 1 N–H and O–H groups in total. The van der Waals surface area contributed by atoms with Crippen LogP contribution in [0.25, 0.3) is 0 Å². The van der Waals surface area contributed by atoms with E-state index in [9.17, 15) is 9.90 Å². The molecular weight excluding hydrogens is 396 g/mol. The zero-order chi connectivity index (χ0) is 18.4. The van der Waals surface area contributed by atoms with Crippen LogP contribution in [0.1, 0.15) is 17.5 Å². The van der Waals surface area contributed by atoms with Crippen LogP contribution >= 0.6 is 15.9 Å². The fraction of sp³-hybridized carbons (Fsp3) is 0.190. The molecule has 26 heavy (non-hydrogen) atoms. The number of carboxylic acid groups (broad SMARTS) is 1. The largest absolute Gasteiger partial charge is 0.488 e. The average molecular weight is 415 g/mol. The third-order valence-electron chi connectivity index (χ3n) is 3.98. The van der Waals surface area contributed by atoms with Gasteiger partial charge in [0, 0.05) is 6.42 Å². The zero-order valence-electron chi connectivity index (χ0n) is 14.1. The maximum Gasteiger partial charge on any atom is 0.339 e. The van der Waals surface area contributed by atoms with Gasteiger partial charge in [0.05, 0.1) is 6.61 Å². The highest BCUT2D eigenvalue weighted by molar-refractivity contribution is 9.10. The molecule has 3 rings (SSSR count).